The standard InChI is InChI=1S/C14H22.C12H18.C11H15Cl.C11H14O2.C11H16O.C11H14O.C11H16.C10H15N/c1-6-11(2)12-7-9-13(10-8-12)14(3,4)5;1-4-10(3)12-8-6-11(5-2)7-9-12;1-3-9(2)11-6-4-10(8-12)5-7-11;1-3-8(2)9-4-6-10(7-5-9)11(12)13;2*1-3-9(2)11-6-4-10(8-12)5-7-11;1-4-11(2,3)10-8-6-5-7-9-10;1-3-8(2)9-4-6-10(11)7-5-9/h7-11H,6H2,1-5H3;6-10H,4-5H2,1-3H3;4-7,9H,3,8H2,1-2H3;4-8H,3H2,1-2H3,(H,12,13);4-7,9,12H,3,8H2,1-2H3;4-9H,3H2,1-2H3;5-9H,4H2,1-3H3;4-8H,3,11H2,1-2H3. The van der Waals surface area contributed by atoms with Crippen LogP contribution in [0, 0.1) is 0 Å². The van der Waals surface area contributed by atoms with E-state index >= 15 is 0 Å². The van der Waals surface area contributed by atoms with Crippen LogP contribution in [-0.2, 0) is 29.7 Å². The summed E-state index contributed by atoms with van der Waals surface area (Å²) in [6, 6.07) is 68.5. The van der Waals surface area contributed by atoms with Gasteiger partial charge in [0.2, 0.25) is 0 Å². The van der Waals surface area contributed by atoms with Crippen molar-refractivity contribution in [2.75, 3.05) is 5.73 Å². The molecule has 7 atom stereocenters. The second-order valence-electron chi connectivity index (χ2n) is 27.9. The molecule has 0 bridgehead atoms. The third kappa shape index (κ3) is 34.3. The number of aromatic carboxylic acids is 1. The van der Waals surface area contributed by atoms with Gasteiger partial charge in [-0.3, -0.25) is 4.79 Å². The highest BCUT2D eigenvalue weighted by Gasteiger charge is 2.17. The zero-order chi connectivity index (χ0) is 73.1. The number of benzene rings is 8. The Morgan fingerprint density at radius 2 is 0.691 bits per heavy atom. The van der Waals surface area contributed by atoms with Crippen LogP contribution in [0.25, 0.3) is 0 Å². The van der Waals surface area contributed by atoms with Crippen LogP contribution < -0.4 is 5.73 Å². The van der Waals surface area contributed by atoms with Crippen LogP contribution in [0.3, 0.4) is 0 Å². The number of carbonyl (C=O) groups excluding carboxylic acids is 1. The third-order valence-electron chi connectivity index (χ3n) is 19.3. The van der Waals surface area contributed by atoms with Gasteiger partial charge in [0, 0.05) is 17.1 Å². The molecule has 0 saturated carbocycles. The van der Waals surface area contributed by atoms with Gasteiger partial charge in [0.05, 0.1) is 12.2 Å². The number of nitrogens with two attached hydrogens (primary N) is 1. The quantitative estimate of drug-likeness (QED) is 0.0378. The molecular formula is C91H130ClNO4. The maximum Gasteiger partial charge on any atom is 0.335 e. The van der Waals surface area contributed by atoms with Crippen molar-refractivity contribution in [3.8, 4) is 0 Å². The second-order valence-corrected chi connectivity index (χ2v) is 28.2. The van der Waals surface area contributed by atoms with Crippen molar-refractivity contribution in [2.45, 2.75) is 268 Å². The summed E-state index contributed by atoms with van der Waals surface area (Å²) in [6.07, 6.45) is 11.4. The van der Waals surface area contributed by atoms with Crippen LogP contribution in [-0.4, -0.2) is 22.5 Å². The molecule has 0 radical (unpaired) electrons. The number of carboxylic acids is 1. The lowest BCUT2D eigenvalue weighted by atomic mass is 9.82. The molecular weight excluding hydrogens is 1210 g/mol. The first-order chi connectivity index (χ1) is 46.1. The van der Waals surface area contributed by atoms with Gasteiger partial charge in [-0.15, -0.1) is 11.6 Å². The van der Waals surface area contributed by atoms with Gasteiger partial charge in [0.1, 0.15) is 6.29 Å². The highest BCUT2D eigenvalue weighted by atomic mass is 35.5. The SMILES string of the molecule is CCC(C)(C)c1ccccc1.CCC(C)c1ccc(C(=O)O)cc1.CCC(C)c1ccc(C(C)(C)C)cc1.CCC(C)c1ccc(C=O)cc1.CCC(C)c1ccc(CCl)cc1.CCC(C)c1ccc(CO)cc1.CCC(C)c1ccc(N)cc1.CCc1ccc(C(C)CC)cc1. The highest BCUT2D eigenvalue weighted by Crippen LogP contribution is 2.28. The summed E-state index contributed by atoms with van der Waals surface area (Å²) in [5.74, 6) is 4.16. The van der Waals surface area contributed by atoms with Crippen LogP contribution in [0.1, 0.15) is 326 Å². The Morgan fingerprint density at radius 1 is 0.402 bits per heavy atom. The normalized spacial score (nSPS) is 12.8. The number of halogens is 1. The largest absolute Gasteiger partial charge is 0.478 e. The Morgan fingerprint density at radius 3 is 0.959 bits per heavy atom. The fraction of sp³-hybridized carbons (Fsp3) is 0.451. The van der Waals surface area contributed by atoms with Gasteiger partial charge in [-0.05, 0) is 201 Å². The van der Waals surface area contributed by atoms with Gasteiger partial charge in [-0.2, -0.15) is 0 Å². The Kier molecular flexibility index (Phi) is 44.1. The Balaban J connectivity index is 0.000000555. The molecule has 8 aromatic carbocycles. The molecule has 8 rings (SSSR count). The van der Waals surface area contributed by atoms with Crippen molar-refractivity contribution < 1.29 is 19.8 Å². The van der Waals surface area contributed by atoms with E-state index in [9.17, 15) is 9.59 Å². The van der Waals surface area contributed by atoms with E-state index < -0.39 is 5.97 Å². The van der Waals surface area contributed by atoms with Crippen LogP contribution in [0.15, 0.2) is 200 Å². The predicted molar refractivity (Wildman–Crippen MR) is 426 cm³/mol. The fourth-order valence-corrected chi connectivity index (χ4v) is 9.88. The lowest BCUT2D eigenvalue weighted by molar-refractivity contribution is 0.0696. The van der Waals surface area contributed by atoms with Gasteiger partial charge in [-0.1, -0.05) is 321 Å². The molecule has 530 valence electrons. The Bertz CT molecular complexity index is 3130. The zero-order valence-corrected chi connectivity index (χ0v) is 64.9. The Hall–Kier alpha value is -7.05. The van der Waals surface area contributed by atoms with Crippen molar-refractivity contribution >= 4 is 29.5 Å². The summed E-state index contributed by atoms with van der Waals surface area (Å²) < 4.78 is 0. The maximum atomic E-state index is 10.6. The number of anilines is 1. The van der Waals surface area contributed by atoms with E-state index in [2.05, 4.69) is 273 Å². The maximum absolute atomic E-state index is 10.6. The van der Waals surface area contributed by atoms with Crippen molar-refractivity contribution in [1.29, 1.82) is 0 Å². The molecule has 0 saturated heterocycles. The first-order valence-corrected chi connectivity index (χ1v) is 37.0. The zero-order valence-electron chi connectivity index (χ0n) is 64.1. The van der Waals surface area contributed by atoms with Crippen molar-refractivity contribution in [3.63, 3.8) is 0 Å². The van der Waals surface area contributed by atoms with Crippen molar-refractivity contribution in [1.82, 2.24) is 0 Å². The van der Waals surface area contributed by atoms with Crippen LogP contribution in [0.4, 0.5) is 5.69 Å². The summed E-state index contributed by atoms with van der Waals surface area (Å²) in [5, 5.41) is 17.5. The number of aliphatic hydroxyl groups is 1. The number of alkyl halides is 1. The van der Waals surface area contributed by atoms with Gasteiger partial charge in [-0.25, -0.2) is 4.79 Å². The first-order valence-electron chi connectivity index (χ1n) is 36.4. The molecule has 0 aliphatic heterocycles. The smallest absolute Gasteiger partial charge is 0.335 e. The van der Waals surface area contributed by atoms with E-state index in [0.29, 0.717) is 58.3 Å². The summed E-state index contributed by atoms with van der Waals surface area (Å²) in [7, 11) is 0. The molecule has 0 aliphatic carbocycles. The number of carbonyl (C=O) groups is 2. The minimum Gasteiger partial charge on any atom is -0.478 e. The monoisotopic (exact) mass is 1340 g/mol. The number of hydrogen-bond acceptors (Lipinski definition) is 4. The van der Waals surface area contributed by atoms with Gasteiger partial charge >= 0.3 is 5.97 Å². The fourth-order valence-electron chi connectivity index (χ4n) is 9.71. The molecule has 6 heteroatoms. The summed E-state index contributed by atoms with van der Waals surface area (Å²) in [6.45, 7) is 46.8. The first kappa shape index (κ1) is 88.0. The number of aliphatic hydroxyl groups excluding tert-OH is 1. The molecule has 7 unspecified atom stereocenters. The molecule has 5 nitrogen and oxygen atoms in total. The van der Waals surface area contributed by atoms with E-state index in [-0.39, 0.29) is 12.0 Å². The van der Waals surface area contributed by atoms with Gasteiger partial charge < -0.3 is 15.9 Å². The molecule has 0 heterocycles. The minimum absolute atomic E-state index is 0.140. The number of hydrogen-bond donors (Lipinski definition) is 3. The predicted octanol–water partition coefficient (Wildman–Crippen LogP) is 27.0. The molecule has 0 amide bonds. The molecule has 97 heavy (non-hydrogen) atoms. The molecule has 0 spiro atoms. The topological polar surface area (TPSA) is 101 Å². The number of aldehydes is 1. The van der Waals surface area contributed by atoms with E-state index in [1.54, 1.807) is 12.1 Å². The molecule has 0 aliphatic rings. The number of carboxylic acid groups (broad SMARTS) is 1. The van der Waals surface area contributed by atoms with Crippen molar-refractivity contribution in [2.24, 2.45) is 0 Å². The summed E-state index contributed by atoms with van der Waals surface area (Å²) in [4.78, 5) is 20.9. The molecule has 0 fully saturated rings. The van der Waals surface area contributed by atoms with E-state index in [1.165, 1.54) is 99.7 Å². The molecule has 4 N–H and O–H groups in total. The number of aryl methyl sites for hydroxylation is 1. The lowest BCUT2D eigenvalue weighted by Crippen LogP contribution is -2.14. The summed E-state index contributed by atoms with van der Waals surface area (Å²) in [5.41, 5.74) is 24.2. The van der Waals surface area contributed by atoms with Crippen LogP contribution in [0.2, 0.25) is 0 Å². The average molecular weight is 1340 g/mol. The second kappa shape index (κ2) is 48.6. The van der Waals surface area contributed by atoms with Gasteiger partial charge in [0.25, 0.3) is 0 Å². The molecule has 0 aromatic heterocycles. The number of rotatable bonds is 21. The summed E-state index contributed by atoms with van der Waals surface area (Å²) >= 11 is 5.69. The highest BCUT2D eigenvalue weighted by molar-refractivity contribution is 6.17. The van der Waals surface area contributed by atoms with Crippen molar-refractivity contribution in [3.05, 3.63) is 278 Å². The van der Waals surface area contributed by atoms with Crippen LogP contribution >= 0.6 is 11.6 Å². The van der Waals surface area contributed by atoms with E-state index in [4.69, 9.17) is 27.5 Å². The van der Waals surface area contributed by atoms with Crippen LogP contribution in [0.5, 0.6) is 0 Å². The number of nitrogen functional groups attached to an aromatic ring is 1. The van der Waals surface area contributed by atoms with E-state index in [1.807, 2.05) is 60.7 Å². The third-order valence-corrected chi connectivity index (χ3v) is 19.6. The minimum atomic E-state index is -0.865. The van der Waals surface area contributed by atoms with E-state index in [0.717, 1.165) is 42.4 Å². The Labute approximate surface area is 597 Å². The molecule has 8 aromatic rings. The average Bonchev–Trinajstić information content (AvgIpc) is 1.04. The lowest BCUT2D eigenvalue weighted by Gasteiger charge is -2.22. The van der Waals surface area contributed by atoms with Gasteiger partial charge in [0.15, 0.2) is 0 Å².